The number of nitrogens with zero attached hydrogens (tertiary/aromatic N) is 1. The molecule has 0 aliphatic heterocycles. The summed E-state index contributed by atoms with van der Waals surface area (Å²) in [6.07, 6.45) is 9.63. The number of anilines is 2. The summed E-state index contributed by atoms with van der Waals surface area (Å²) < 4.78 is 33.2. The van der Waals surface area contributed by atoms with Gasteiger partial charge in [0.2, 0.25) is 11.8 Å². The fourth-order valence-electron chi connectivity index (χ4n) is 6.18. The molecule has 10 heteroatoms. The van der Waals surface area contributed by atoms with Crippen LogP contribution in [0, 0.1) is 11.2 Å². The number of rotatable bonds is 12. The second-order valence-electron chi connectivity index (χ2n) is 12.6. The largest absolute Gasteiger partial charge is 0.493 e. The Bertz CT molecular complexity index is 1770. The molecule has 7 rings (SSSR count). The third kappa shape index (κ3) is 6.22. The molecule has 3 saturated carbocycles. The number of amides is 2. The smallest absolute Gasteiger partial charge is 0.240 e. The second kappa shape index (κ2) is 12.2. The van der Waals surface area contributed by atoms with Crippen LogP contribution in [0.3, 0.4) is 0 Å². The Morgan fingerprint density at radius 3 is 2.26 bits per heavy atom. The first-order chi connectivity index (χ1) is 22.4. The Balaban J connectivity index is 1.03. The van der Waals surface area contributed by atoms with Crippen molar-refractivity contribution in [2.45, 2.75) is 62.9 Å². The number of hydrogen-bond donors (Lipinski definition) is 3. The average molecular weight is 625 g/mol. The summed E-state index contributed by atoms with van der Waals surface area (Å²) in [4.78, 5) is 30.5. The van der Waals surface area contributed by atoms with E-state index in [1.807, 2.05) is 12.1 Å². The number of para-hydroxylation sites is 1. The van der Waals surface area contributed by atoms with Crippen LogP contribution in [0.15, 0.2) is 72.9 Å². The van der Waals surface area contributed by atoms with Gasteiger partial charge in [0.25, 0.3) is 0 Å². The summed E-state index contributed by atoms with van der Waals surface area (Å²) in [6, 6.07) is 19.0. The third-order valence-corrected chi connectivity index (χ3v) is 9.27. The second-order valence-corrected chi connectivity index (χ2v) is 12.6. The third-order valence-electron chi connectivity index (χ3n) is 9.27. The van der Waals surface area contributed by atoms with Gasteiger partial charge in [-0.25, -0.2) is 4.39 Å². The van der Waals surface area contributed by atoms with Gasteiger partial charge in [-0.05, 0) is 74.9 Å². The van der Waals surface area contributed by atoms with Crippen molar-refractivity contribution in [3.05, 3.63) is 78.7 Å². The van der Waals surface area contributed by atoms with E-state index in [0.29, 0.717) is 59.3 Å². The molecule has 0 atom stereocenters. The van der Waals surface area contributed by atoms with Crippen molar-refractivity contribution in [3.8, 4) is 23.0 Å². The summed E-state index contributed by atoms with van der Waals surface area (Å²) in [5.41, 5.74) is 0.305. The molecule has 0 spiro atoms. The zero-order valence-corrected chi connectivity index (χ0v) is 25.7. The van der Waals surface area contributed by atoms with Gasteiger partial charge in [-0.3, -0.25) is 14.6 Å². The number of halogens is 1. The van der Waals surface area contributed by atoms with Gasteiger partial charge in [0.1, 0.15) is 17.8 Å². The van der Waals surface area contributed by atoms with Crippen molar-refractivity contribution in [2.24, 2.45) is 5.41 Å². The number of benzene rings is 3. The van der Waals surface area contributed by atoms with Gasteiger partial charge >= 0.3 is 0 Å². The van der Waals surface area contributed by atoms with E-state index < -0.39 is 17.1 Å². The molecule has 46 heavy (non-hydrogen) atoms. The number of pyridine rings is 1. The number of aromatic nitrogens is 1. The maximum absolute atomic E-state index is 15.3. The van der Waals surface area contributed by atoms with Crippen LogP contribution in [-0.4, -0.2) is 42.1 Å². The van der Waals surface area contributed by atoms with Gasteiger partial charge in [-0.2, -0.15) is 0 Å². The average Bonchev–Trinajstić information content (AvgIpc) is 3.98. The fourth-order valence-corrected chi connectivity index (χ4v) is 6.18. The Morgan fingerprint density at radius 2 is 1.59 bits per heavy atom. The number of carbonyl (C=O) groups is 2. The van der Waals surface area contributed by atoms with Crippen LogP contribution in [0.2, 0.25) is 0 Å². The van der Waals surface area contributed by atoms with Gasteiger partial charge in [0.05, 0.1) is 18.2 Å². The van der Waals surface area contributed by atoms with Crippen LogP contribution in [0.1, 0.15) is 51.4 Å². The van der Waals surface area contributed by atoms with Gasteiger partial charge < -0.3 is 30.2 Å². The first-order valence-electron chi connectivity index (χ1n) is 15.9. The predicted octanol–water partition coefficient (Wildman–Crippen LogP) is 6.98. The molecule has 0 unspecified atom stereocenters. The Kier molecular flexibility index (Phi) is 7.98. The molecule has 1 aromatic heterocycles. The maximum Gasteiger partial charge on any atom is 0.240 e. The van der Waals surface area contributed by atoms with E-state index in [9.17, 15) is 9.59 Å². The summed E-state index contributed by atoms with van der Waals surface area (Å²) in [5, 5.41) is 9.94. The molecule has 238 valence electrons. The zero-order chi connectivity index (χ0) is 31.7. The molecule has 3 aromatic carbocycles. The molecule has 4 aromatic rings. The van der Waals surface area contributed by atoms with Crippen LogP contribution in [0.5, 0.6) is 23.0 Å². The molecular formula is C36H37FN4O5. The van der Waals surface area contributed by atoms with Crippen molar-refractivity contribution >= 4 is 34.1 Å². The number of ether oxygens (including phenoxy) is 3. The molecule has 2 amide bonds. The van der Waals surface area contributed by atoms with Crippen molar-refractivity contribution in [1.29, 1.82) is 0 Å². The Labute approximate surface area is 266 Å². The monoisotopic (exact) mass is 624 g/mol. The van der Waals surface area contributed by atoms with Crippen LogP contribution < -0.4 is 30.2 Å². The molecule has 1 heterocycles. The van der Waals surface area contributed by atoms with Crippen LogP contribution in [0.4, 0.5) is 15.8 Å². The lowest BCUT2D eigenvalue weighted by Gasteiger charge is -2.23. The molecule has 3 aliphatic rings. The number of methoxy groups -OCH3 is 1. The number of hydrogen-bond acceptors (Lipinski definition) is 7. The van der Waals surface area contributed by atoms with E-state index in [4.69, 9.17) is 14.2 Å². The van der Waals surface area contributed by atoms with Crippen molar-refractivity contribution < 1.29 is 28.2 Å². The van der Waals surface area contributed by atoms with E-state index in [-0.39, 0.29) is 22.9 Å². The molecule has 3 aliphatic carbocycles. The quantitative estimate of drug-likeness (QED) is 0.146. The summed E-state index contributed by atoms with van der Waals surface area (Å²) in [5.74, 6) is -0.0259. The molecule has 9 nitrogen and oxygen atoms in total. The highest BCUT2D eigenvalue weighted by atomic mass is 19.1. The van der Waals surface area contributed by atoms with Crippen molar-refractivity contribution in [1.82, 2.24) is 10.3 Å². The minimum Gasteiger partial charge on any atom is -0.493 e. The number of fused-ring (bicyclic) bond motifs is 1. The lowest BCUT2D eigenvalue weighted by atomic mass is 10.0. The van der Waals surface area contributed by atoms with Gasteiger partial charge in [0, 0.05) is 41.1 Å². The standard InChI is InChI=1S/C36H37FN4O5/c1-44-31-20-26-28(21-32(31)45-22-35(14-15-35)41-24-9-5-6-10-24)38-18-13-29(26)46-30-12-11-25(19-27(30)37)40-34(43)36(16-17-36)33(42)39-23-7-3-2-4-8-23/h2-4,7-8,11-13,18-21,24,41H,5-6,9-10,14-17,22H2,1H3,(H,39,42)(H,40,43). The highest BCUT2D eigenvalue weighted by Gasteiger charge is 2.56. The lowest BCUT2D eigenvalue weighted by molar-refractivity contribution is -0.131. The summed E-state index contributed by atoms with van der Waals surface area (Å²) >= 11 is 0. The molecular weight excluding hydrogens is 587 g/mol. The van der Waals surface area contributed by atoms with E-state index in [2.05, 4.69) is 20.9 Å². The number of nitrogens with one attached hydrogen (secondary N) is 3. The van der Waals surface area contributed by atoms with Crippen molar-refractivity contribution in [3.63, 3.8) is 0 Å². The predicted molar refractivity (Wildman–Crippen MR) is 173 cm³/mol. The molecule has 0 saturated heterocycles. The van der Waals surface area contributed by atoms with E-state index >= 15 is 4.39 Å². The van der Waals surface area contributed by atoms with E-state index in [1.165, 1.54) is 37.8 Å². The number of carbonyl (C=O) groups excluding carboxylic acids is 2. The van der Waals surface area contributed by atoms with Gasteiger partial charge in [-0.1, -0.05) is 31.0 Å². The van der Waals surface area contributed by atoms with Crippen LogP contribution >= 0.6 is 0 Å². The SMILES string of the molecule is COc1cc2c(Oc3ccc(NC(=O)C4(C(=O)Nc5ccccc5)CC4)cc3F)ccnc2cc1OCC1(NC2CCCC2)CC1. The van der Waals surface area contributed by atoms with Crippen LogP contribution in [0.25, 0.3) is 10.9 Å². The maximum atomic E-state index is 15.3. The fraction of sp³-hybridized carbons (Fsp3) is 0.361. The zero-order valence-electron chi connectivity index (χ0n) is 25.7. The molecule has 3 N–H and O–H groups in total. The summed E-state index contributed by atoms with van der Waals surface area (Å²) in [6.45, 7) is 0.550. The molecule has 0 bridgehead atoms. The summed E-state index contributed by atoms with van der Waals surface area (Å²) in [7, 11) is 1.58. The van der Waals surface area contributed by atoms with Crippen molar-refractivity contribution in [2.75, 3.05) is 24.4 Å². The topological polar surface area (TPSA) is 111 Å². The molecule has 0 radical (unpaired) electrons. The highest BCUT2D eigenvalue weighted by Crippen LogP contribution is 2.48. The normalized spacial score (nSPS) is 17.7. The van der Waals surface area contributed by atoms with Gasteiger partial charge in [0.15, 0.2) is 23.1 Å². The minimum atomic E-state index is -1.18. The lowest BCUT2D eigenvalue weighted by Crippen LogP contribution is -2.42. The first-order valence-corrected chi connectivity index (χ1v) is 15.9. The Hall–Kier alpha value is -4.70. The Morgan fingerprint density at radius 1 is 0.848 bits per heavy atom. The van der Waals surface area contributed by atoms with E-state index in [0.717, 1.165) is 12.8 Å². The van der Waals surface area contributed by atoms with E-state index in [1.54, 1.807) is 55.8 Å². The minimum absolute atomic E-state index is 0.0182. The molecule has 3 fully saturated rings. The highest BCUT2D eigenvalue weighted by molar-refractivity contribution is 6.16. The van der Waals surface area contributed by atoms with Gasteiger partial charge in [-0.15, -0.1) is 0 Å². The first kappa shape index (κ1) is 30.0. The van der Waals surface area contributed by atoms with Crippen LogP contribution in [-0.2, 0) is 9.59 Å².